The zero-order valence-corrected chi connectivity index (χ0v) is 12.2. The van der Waals surface area contributed by atoms with Gasteiger partial charge in [-0.25, -0.2) is 9.37 Å². The fourth-order valence-electron chi connectivity index (χ4n) is 1.79. The maximum absolute atomic E-state index is 13.4. The number of pyridine rings is 1. The smallest absolute Gasteiger partial charge is 0.219 e. The molecule has 5 heteroatoms. The zero-order valence-electron chi connectivity index (χ0n) is 11.4. The number of nitrogens with one attached hydrogen (secondary N) is 1. The van der Waals surface area contributed by atoms with Crippen LogP contribution >= 0.6 is 11.6 Å². The highest BCUT2D eigenvalue weighted by molar-refractivity contribution is 6.30. The quantitative estimate of drug-likeness (QED) is 0.902. The third-order valence-corrected chi connectivity index (χ3v) is 2.99. The third kappa shape index (κ3) is 3.92. The second kappa shape index (κ2) is 6.68. The molecular weight excluding hydrogens is 279 g/mol. The highest BCUT2D eigenvalue weighted by Crippen LogP contribution is 2.25. The fraction of sp³-hybridized carbons (Fsp3) is 0.267. The third-order valence-electron chi connectivity index (χ3n) is 2.68. The van der Waals surface area contributed by atoms with Gasteiger partial charge in [0.25, 0.3) is 0 Å². The minimum atomic E-state index is -0.510. The molecule has 1 heterocycles. The van der Waals surface area contributed by atoms with Crippen molar-refractivity contribution < 1.29 is 9.13 Å². The van der Waals surface area contributed by atoms with Crippen LogP contribution in [0.25, 0.3) is 0 Å². The molecule has 0 aliphatic rings. The molecule has 0 aliphatic carbocycles. The molecule has 106 valence electrons. The van der Waals surface area contributed by atoms with Gasteiger partial charge in [-0.3, -0.25) is 0 Å². The number of benzene rings is 1. The van der Waals surface area contributed by atoms with E-state index in [0.717, 1.165) is 24.3 Å². The summed E-state index contributed by atoms with van der Waals surface area (Å²) < 4.78 is 18.9. The lowest BCUT2D eigenvalue weighted by atomic mass is 10.2. The molecule has 1 N–H and O–H groups in total. The molecular formula is C15H16ClFN2O. The standard InChI is InChI=1S/C15H16ClFN2O/c1-3-18-9-11-6-10(2)19-15(7-11)20-12-4-5-13(16)14(17)8-12/h4-8,18H,3,9H2,1-2H3. The van der Waals surface area contributed by atoms with Crippen LogP contribution in [0.1, 0.15) is 18.2 Å². The van der Waals surface area contributed by atoms with Crippen molar-refractivity contribution in [2.45, 2.75) is 20.4 Å². The van der Waals surface area contributed by atoms with Gasteiger partial charge in [-0.1, -0.05) is 18.5 Å². The maximum atomic E-state index is 13.4. The summed E-state index contributed by atoms with van der Waals surface area (Å²) in [7, 11) is 0. The van der Waals surface area contributed by atoms with Gasteiger partial charge in [0, 0.05) is 24.4 Å². The van der Waals surface area contributed by atoms with Crippen molar-refractivity contribution in [2.24, 2.45) is 0 Å². The average Bonchev–Trinajstić information content (AvgIpc) is 2.40. The van der Waals surface area contributed by atoms with Crippen LogP contribution in [0.2, 0.25) is 5.02 Å². The van der Waals surface area contributed by atoms with E-state index in [2.05, 4.69) is 10.3 Å². The molecule has 2 aromatic rings. The Kier molecular flexibility index (Phi) is 4.93. The van der Waals surface area contributed by atoms with Crippen molar-refractivity contribution in [3.8, 4) is 11.6 Å². The molecule has 2 rings (SSSR count). The fourth-order valence-corrected chi connectivity index (χ4v) is 1.91. The number of aryl methyl sites for hydroxylation is 1. The molecule has 0 saturated heterocycles. The van der Waals surface area contributed by atoms with E-state index in [1.165, 1.54) is 12.1 Å². The molecule has 0 atom stereocenters. The van der Waals surface area contributed by atoms with Gasteiger partial charge >= 0.3 is 0 Å². The molecule has 0 spiro atoms. The number of halogens is 2. The Morgan fingerprint density at radius 1 is 1.30 bits per heavy atom. The summed E-state index contributed by atoms with van der Waals surface area (Å²) in [5.74, 6) is 0.309. The Bertz CT molecular complexity index is 604. The molecule has 0 radical (unpaired) electrons. The first kappa shape index (κ1) is 14.8. The number of aromatic nitrogens is 1. The first-order valence-electron chi connectivity index (χ1n) is 6.39. The maximum Gasteiger partial charge on any atom is 0.219 e. The van der Waals surface area contributed by atoms with Crippen molar-refractivity contribution in [1.82, 2.24) is 10.3 Å². The summed E-state index contributed by atoms with van der Waals surface area (Å²) in [5.41, 5.74) is 1.92. The lowest BCUT2D eigenvalue weighted by molar-refractivity contribution is 0.456. The lowest BCUT2D eigenvalue weighted by Gasteiger charge is -2.09. The first-order valence-corrected chi connectivity index (χ1v) is 6.77. The van der Waals surface area contributed by atoms with Gasteiger partial charge < -0.3 is 10.1 Å². The Morgan fingerprint density at radius 2 is 2.10 bits per heavy atom. The normalized spacial score (nSPS) is 10.6. The minimum absolute atomic E-state index is 0.0717. The van der Waals surface area contributed by atoms with E-state index in [1.807, 2.05) is 26.0 Å². The van der Waals surface area contributed by atoms with Crippen LogP contribution < -0.4 is 10.1 Å². The Morgan fingerprint density at radius 3 is 2.80 bits per heavy atom. The van der Waals surface area contributed by atoms with Crippen molar-refractivity contribution in [1.29, 1.82) is 0 Å². The summed E-state index contributed by atoms with van der Waals surface area (Å²) in [6.45, 7) is 5.57. The van der Waals surface area contributed by atoms with Gasteiger partial charge in [0.05, 0.1) is 5.02 Å². The minimum Gasteiger partial charge on any atom is -0.439 e. The molecule has 0 aliphatic heterocycles. The van der Waals surface area contributed by atoms with Gasteiger partial charge in [-0.2, -0.15) is 0 Å². The van der Waals surface area contributed by atoms with Gasteiger partial charge in [0.2, 0.25) is 5.88 Å². The van der Waals surface area contributed by atoms with Crippen molar-refractivity contribution >= 4 is 11.6 Å². The molecule has 0 saturated carbocycles. The molecule has 20 heavy (non-hydrogen) atoms. The van der Waals surface area contributed by atoms with E-state index in [1.54, 1.807) is 6.07 Å². The first-order chi connectivity index (χ1) is 9.58. The van der Waals surface area contributed by atoms with Crippen LogP contribution in [0.15, 0.2) is 30.3 Å². The van der Waals surface area contributed by atoms with E-state index in [-0.39, 0.29) is 5.02 Å². The van der Waals surface area contributed by atoms with Crippen LogP contribution in [0.3, 0.4) is 0 Å². The summed E-state index contributed by atoms with van der Waals surface area (Å²) in [5, 5.41) is 3.31. The van der Waals surface area contributed by atoms with Gasteiger partial charge in [-0.05, 0) is 37.2 Å². The van der Waals surface area contributed by atoms with Gasteiger partial charge in [-0.15, -0.1) is 0 Å². The number of nitrogens with zero attached hydrogens (tertiary/aromatic N) is 1. The topological polar surface area (TPSA) is 34.2 Å². The second-order valence-electron chi connectivity index (χ2n) is 4.41. The molecule has 0 bridgehead atoms. The Labute approximate surface area is 122 Å². The van der Waals surface area contributed by atoms with E-state index in [9.17, 15) is 4.39 Å². The predicted octanol–water partition coefficient (Wildman–Crippen LogP) is 4.08. The van der Waals surface area contributed by atoms with Crippen LogP contribution in [-0.2, 0) is 6.54 Å². The van der Waals surface area contributed by atoms with Crippen LogP contribution in [0.4, 0.5) is 4.39 Å². The number of hydrogen-bond acceptors (Lipinski definition) is 3. The average molecular weight is 295 g/mol. The summed E-state index contributed by atoms with van der Waals surface area (Å²) in [6.07, 6.45) is 0. The summed E-state index contributed by atoms with van der Waals surface area (Å²) in [4.78, 5) is 4.28. The van der Waals surface area contributed by atoms with Crippen molar-refractivity contribution in [3.05, 3.63) is 52.4 Å². The summed E-state index contributed by atoms with van der Waals surface area (Å²) >= 11 is 5.64. The molecule has 1 aromatic carbocycles. The monoisotopic (exact) mass is 294 g/mol. The molecule has 0 fully saturated rings. The number of hydrogen-bond donors (Lipinski definition) is 1. The predicted molar refractivity (Wildman–Crippen MR) is 77.8 cm³/mol. The van der Waals surface area contributed by atoms with E-state index >= 15 is 0 Å². The van der Waals surface area contributed by atoms with Crippen LogP contribution in [0, 0.1) is 12.7 Å². The Balaban J connectivity index is 2.19. The molecule has 1 aromatic heterocycles. The van der Waals surface area contributed by atoms with E-state index < -0.39 is 5.82 Å². The van der Waals surface area contributed by atoms with Crippen molar-refractivity contribution in [3.63, 3.8) is 0 Å². The largest absolute Gasteiger partial charge is 0.439 e. The number of rotatable bonds is 5. The number of ether oxygens (including phenoxy) is 1. The molecule has 0 unspecified atom stereocenters. The zero-order chi connectivity index (χ0) is 14.5. The van der Waals surface area contributed by atoms with Gasteiger partial charge in [0.15, 0.2) is 0 Å². The second-order valence-corrected chi connectivity index (χ2v) is 4.82. The van der Waals surface area contributed by atoms with E-state index in [0.29, 0.717) is 11.6 Å². The SMILES string of the molecule is CCNCc1cc(C)nc(Oc2ccc(Cl)c(F)c2)c1. The molecule has 3 nitrogen and oxygen atoms in total. The molecule has 0 amide bonds. The lowest BCUT2D eigenvalue weighted by Crippen LogP contribution is -2.12. The van der Waals surface area contributed by atoms with Crippen LogP contribution in [0.5, 0.6) is 11.6 Å². The Hall–Kier alpha value is -1.65. The van der Waals surface area contributed by atoms with Gasteiger partial charge in [0.1, 0.15) is 11.6 Å². The highest BCUT2D eigenvalue weighted by atomic mass is 35.5. The van der Waals surface area contributed by atoms with E-state index in [4.69, 9.17) is 16.3 Å². The highest BCUT2D eigenvalue weighted by Gasteiger charge is 2.06. The van der Waals surface area contributed by atoms with Crippen LogP contribution in [-0.4, -0.2) is 11.5 Å². The summed E-state index contributed by atoms with van der Waals surface area (Å²) in [6, 6.07) is 8.14. The van der Waals surface area contributed by atoms with Crippen molar-refractivity contribution in [2.75, 3.05) is 6.54 Å².